The van der Waals surface area contributed by atoms with Gasteiger partial charge in [0.25, 0.3) is 0 Å². The zero-order valence-electron chi connectivity index (χ0n) is 15.7. The van der Waals surface area contributed by atoms with E-state index < -0.39 is 10.0 Å². The van der Waals surface area contributed by atoms with Crippen LogP contribution in [0.3, 0.4) is 0 Å². The molecule has 1 aliphatic carbocycles. The summed E-state index contributed by atoms with van der Waals surface area (Å²) in [6.07, 6.45) is 6.53. The minimum absolute atomic E-state index is 0.0119. The van der Waals surface area contributed by atoms with Gasteiger partial charge in [0.1, 0.15) is 5.82 Å². The lowest BCUT2D eigenvalue weighted by atomic mass is 9.93. The van der Waals surface area contributed by atoms with E-state index >= 15 is 0 Å². The van der Waals surface area contributed by atoms with Crippen molar-refractivity contribution in [1.82, 2.24) is 29.3 Å². The summed E-state index contributed by atoms with van der Waals surface area (Å²) in [6.45, 7) is 2.12. The predicted molar refractivity (Wildman–Crippen MR) is 104 cm³/mol. The van der Waals surface area contributed by atoms with Crippen molar-refractivity contribution in [3.8, 4) is 6.07 Å². The van der Waals surface area contributed by atoms with E-state index in [2.05, 4.69) is 31.8 Å². The summed E-state index contributed by atoms with van der Waals surface area (Å²) in [7, 11) is -3.39. The molecule has 3 aromatic heterocycles. The van der Waals surface area contributed by atoms with Gasteiger partial charge in [-0.25, -0.2) is 18.1 Å². The number of fused-ring (bicyclic) bond motifs is 3. The van der Waals surface area contributed by atoms with Gasteiger partial charge in [-0.2, -0.15) is 5.26 Å². The lowest BCUT2D eigenvalue weighted by Crippen LogP contribution is -2.34. The Hall–Kier alpha value is -2.51. The molecule has 0 spiro atoms. The molecule has 28 heavy (non-hydrogen) atoms. The Morgan fingerprint density at radius 1 is 1.39 bits per heavy atom. The molecule has 10 heteroatoms. The minimum atomic E-state index is -3.39. The van der Waals surface area contributed by atoms with Gasteiger partial charge < -0.3 is 4.98 Å². The number of aromatic amines is 1. The van der Waals surface area contributed by atoms with Gasteiger partial charge in [-0.15, -0.1) is 10.2 Å². The third-order valence-electron chi connectivity index (χ3n) is 5.57. The monoisotopic (exact) mass is 401 g/mol. The molecule has 148 valence electrons. The molecule has 4 rings (SSSR count). The van der Waals surface area contributed by atoms with Gasteiger partial charge in [0.05, 0.1) is 23.5 Å². The molecule has 0 bridgehead atoms. The number of nitriles is 1. The molecule has 1 saturated carbocycles. The molecule has 3 heterocycles. The van der Waals surface area contributed by atoms with Crippen LogP contribution in [-0.2, 0) is 10.0 Å². The van der Waals surface area contributed by atoms with E-state index in [1.165, 1.54) is 0 Å². The Morgan fingerprint density at radius 2 is 2.25 bits per heavy atom. The second-order valence-corrected chi connectivity index (χ2v) is 9.24. The van der Waals surface area contributed by atoms with Crippen LogP contribution >= 0.6 is 0 Å². The van der Waals surface area contributed by atoms with Crippen LogP contribution in [0, 0.1) is 17.2 Å². The summed E-state index contributed by atoms with van der Waals surface area (Å²) >= 11 is 0. The molecule has 0 radical (unpaired) electrons. The molecule has 0 saturated heterocycles. The summed E-state index contributed by atoms with van der Waals surface area (Å²) in [6, 6.07) is 3.81. The van der Waals surface area contributed by atoms with Crippen LogP contribution in [0.2, 0.25) is 0 Å². The van der Waals surface area contributed by atoms with Crippen LogP contribution < -0.4 is 4.72 Å². The van der Waals surface area contributed by atoms with Crippen molar-refractivity contribution in [2.75, 3.05) is 5.75 Å². The fourth-order valence-electron chi connectivity index (χ4n) is 4.28. The SMILES string of the molecule is CC[C@@H]1C[C@H](NS(=O)(=O)CCCC#N)C[C@@H]1c1nnc2cnc3[nH]ccc3n12. The highest BCUT2D eigenvalue weighted by atomic mass is 32.2. The lowest BCUT2D eigenvalue weighted by Gasteiger charge is -2.16. The van der Waals surface area contributed by atoms with Crippen molar-refractivity contribution in [2.45, 2.75) is 51.0 Å². The fourth-order valence-corrected chi connectivity index (χ4v) is 5.62. The van der Waals surface area contributed by atoms with Gasteiger partial charge in [0.2, 0.25) is 10.0 Å². The number of nitrogens with one attached hydrogen (secondary N) is 2. The number of rotatable bonds is 7. The summed E-state index contributed by atoms with van der Waals surface area (Å²) in [4.78, 5) is 7.46. The van der Waals surface area contributed by atoms with Crippen molar-refractivity contribution >= 4 is 26.8 Å². The zero-order valence-corrected chi connectivity index (χ0v) is 16.5. The first-order chi connectivity index (χ1) is 13.5. The molecule has 0 aliphatic heterocycles. The van der Waals surface area contributed by atoms with E-state index in [0.717, 1.165) is 29.8 Å². The van der Waals surface area contributed by atoms with E-state index in [1.54, 1.807) is 6.20 Å². The van der Waals surface area contributed by atoms with E-state index in [-0.39, 0.29) is 24.1 Å². The van der Waals surface area contributed by atoms with Gasteiger partial charge in [-0.3, -0.25) is 4.40 Å². The molecular formula is C18H23N7O2S. The van der Waals surface area contributed by atoms with Crippen LogP contribution in [0.1, 0.15) is 50.8 Å². The maximum absolute atomic E-state index is 12.3. The van der Waals surface area contributed by atoms with Crippen LogP contribution in [0.25, 0.3) is 16.8 Å². The molecule has 2 N–H and O–H groups in total. The van der Waals surface area contributed by atoms with Crippen molar-refractivity contribution in [2.24, 2.45) is 5.92 Å². The van der Waals surface area contributed by atoms with Gasteiger partial charge in [-0.1, -0.05) is 13.3 Å². The highest BCUT2D eigenvalue weighted by molar-refractivity contribution is 7.89. The van der Waals surface area contributed by atoms with Crippen molar-refractivity contribution in [1.29, 1.82) is 5.26 Å². The smallest absolute Gasteiger partial charge is 0.211 e. The molecule has 0 unspecified atom stereocenters. The molecule has 0 amide bonds. The zero-order chi connectivity index (χ0) is 19.7. The first kappa shape index (κ1) is 18.8. The Kier molecular flexibility index (Phi) is 5.03. The van der Waals surface area contributed by atoms with Gasteiger partial charge in [0, 0.05) is 24.6 Å². The average molecular weight is 401 g/mol. The Labute approximate surface area is 163 Å². The van der Waals surface area contributed by atoms with Crippen LogP contribution in [0.4, 0.5) is 0 Å². The maximum Gasteiger partial charge on any atom is 0.211 e. The number of nitrogens with zero attached hydrogens (tertiary/aromatic N) is 5. The number of sulfonamides is 1. The normalized spacial score (nSPS) is 22.8. The molecule has 9 nitrogen and oxygen atoms in total. The molecular weight excluding hydrogens is 378 g/mol. The third kappa shape index (κ3) is 3.47. The summed E-state index contributed by atoms with van der Waals surface area (Å²) in [5.41, 5.74) is 2.39. The number of hydrogen-bond acceptors (Lipinski definition) is 6. The van der Waals surface area contributed by atoms with Gasteiger partial charge in [-0.05, 0) is 31.2 Å². The molecule has 1 aliphatic rings. The standard InChI is InChI=1S/C18H23N7O2S/c1-2-12-9-13(24-28(26,27)8-4-3-6-19)10-14(12)18-23-22-16-11-21-17-15(25(16)18)5-7-20-17/h5,7,11-14,20,24H,2-4,8-10H2,1H3/t12-,13+,14+/m1/s1. The largest absolute Gasteiger partial charge is 0.345 e. The highest BCUT2D eigenvalue weighted by Crippen LogP contribution is 2.41. The molecule has 1 fully saturated rings. The van der Waals surface area contributed by atoms with Crippen molar-refractivity contribution in [3.63, 3.8) is 0 Å². The molecule has 3 atom stereocenters. The quantitative estimate of drug-likeness (QED) is 0.583. The Morgan fingerprint density at radius 3 is 3.04 bits per heavy atom. The summed E-state index contributed by atoms with van der Waals surface area (Å²) < 4.78 is 29.5. The Balaban J connectivity index is 1.59. The number of hydrogen-bond donors (Lipinski definition) is 2. The van der Waals surface area contributed by atoms with E-state index in [1.807, 2.05) is 22.7 Å². The van der Waals surface area contributed by atoms with E-state index in [0.29, 0.717) is 24.4 Å². The topological polar surface area (TPSA) is 129 Å². The number of unbranched alkanes of at least 4 members (excludes halogenated alkanes) is 1. The van der Waals surface area contributed by atoms with Crippen LogP contribution in [0.15, 0.2) is 18.5 Å². The van der Waals surface area contributed by atoms with E-state index in [4.69, 9.17) is 5.26 Å². The molecule has 0 aromatic carbocycles. The van der Waals surface area contributed by atoms with E-state index in [9.17, 15) is 8.42 Å². The average Bonchev–Trinajstić information content (AvgIpc) is 3.37. The second-order valence-electron chi connectivity index (χ2n) is 7.36. The Bertz CT molecular complexity index is 1130. The second kappa shape index (κ2) is 7.48. The van der Waals surface area contributed by atoms with Crippen LogP contribution in [-0.4, -0.2) is 44.8 Å². The van der Waals surface area contributed by atoms with Crippen molar-refractivity contribution in [3.05, 3.63) is 24.3 Å². The minimum Gasteiger partial charge on any atom is -0.345 e. The maximum atomic E-state index is 12.3. The highest BCUT2D eigenvalue weighted by Gasteiger charge is 2.38. The van der Waals surface area contributed by atoms with Gasteiger partial charge in [0.15, 0.2) is 11.3 Å². The third-order valence-corrected chi connectivity index (χ3v) is 7.08. The number of aromatic nitrogens is 5. The summed E-state index contributed by atoms with van der Waals surface area (Å²) in [5.74, 6) is 1.29. The molecule has 3 aromatic rings. The number of H-pyrrole nitrogens is 1. The van der Waals surface area contributed by atoms with Gasteiger partial charge >= 0.3 is 0 Å². The summed E-state index contributed by atoms with van der Waals surface area (Å²) in [5, 5.41) is 17.3. The lowest BCUT2D eigenvalue weighted by molar-refractivity contribution is 0.449. The van der Waals surface area contributed by atoms with Crippen molar-refractivity contribution < 1.29 is 8.42 Å². The fraction of sp³-hybridized carbons (Fsp3) is 0.556. The van der Waals surface area contributed by atoms with Crippen LogP contribution in [0.5, 0.6) is 0 Å². The first-order valence-electron chi connectivity index (χ1n) is 9.56. The first-order valence-corrected chi connectivity index (χ1v) is 11.2. The predicted octanol–water partition coefficient (Wildman–Crippen LogP) is 2.10.